The summed E-state index contributed by atoms with van der Waals surface area (Å²) in [6.45, 7) is 6.49. The third-order valence-corrected chi connectivity index (χ3v) is 5.44. The van der Waals surface area contributed by atoms with Crippen molar-refractivity contribution in [2.75, 3.05) is 18.0 Å². The van der Waals surface area contributed by atoms with Crippen molar-refractivity contribution in [2.24, 2.45) is 0 Å². The van der Waals surface area contributed by atoms with Gasteiger partial charge in [0.2, 0.25) is 0 Å². The highest BCUT2D eigenvalue weighted by Gasteiger charge is 2.17. The molecular formula is C18H18BrNS. The molecule has 3 rings (SSSR count). The molecule has 0 fully saturated rings. The van der Waals surface area contributed by atoms with Gasteiger partial charge in [0.25, 0.3) is 0 Å². The van der Waals surface area contributed by atoms with Crippen LogP contribution < -0.4 is 4.90 Å². The maximum absolute atomic E-state index is 3.61. The van der Waals surface area contributed by atoms with Gasteiger partial charge in [-0.25, -0.2) is 0 Å². The van der Waals surface area contributed by atoms with Gasteiger partial charge in [-0.3, -0.25) is 0 Å². The Hall–Kier alpha value is -1.32. The molecule has 0 aliphatic rings. The minimum atomic E-state index is 1.02. The van der Waals surface area contributed by atoms with E-state index in [4.69, 9.17) is 0 Å². The highest BCUT2D eigenvalue weighted by molar-refractivity contribution is 9.10. The Kier molecular flexibility index (Phi) is 4.32. The average molecular weight is 360 g/mol. The van der Waals surface area contributed by atoms with Crippen molar-refractivity contribution in [1.29, 1.82) is 0 Å². The van der Waals surface area contributed by atoms with Gasteiger partial charge in [0.05, 0.1) is 10.6 Å². The summed E-state index contributed by atoms with van der Waals surface area (Å²) >= 11 is 5.49. The van der Waals surface area contributed by atoms with Gasteiger partial charge in [0.1, 0.15) is 0 Å². The summed E-state index contributed by atoms with van der Waals surface area (Å²) in [6.07, 6.45) is 0. The lowest BCUT2D eigenvalue weighted by molar-refractivity contribution is 0.873. The highest BCUT2D eigenvalue weighted by atomic mass is 79.9. The summed E-state index contributed by atoms with van der Waals surface area (Å²) in [6, 6.07) is 17.3. The van der Waals surface area contributed by atoms with E-state index in [1.165, 1.54) is 26.2 Å². The molecule has 0 bridgehead atoms. The van der Waals surface area contributed by atoms with E-state index in [2.05, 4.69) is 83.2 Å². The second-order valence-electron chi connectivity index (χ2n) is 4.96. The van der Waals surface area contributed by atoms with Gasteiger partial charge >= 0.3 is 0 Å². The van der Waals surface area contributed by atoms with E-state index in [0.717, 1.165) is 17.6 Å². The van der Waals surface area contributed by atoms with Crippen LogP contribution in [0.4, 0.5) is 5.69 Å². The van der Waals surface area contributed by atoms with Crippen LogP contribution in [-0.2, 0) is 0 Å². The second-order valence-corrected chi connectivity index (χ2v) is 6.93. The van der Waals surface area contributed by atoms with Gasteiger partial charge in [0.15, 0.2) is 0 Å². The lowest BCUT2D eigenvalue weighted by atomic mass is 10.1. The van der Waals surface area contributed by atoms with Crippen molar-refractivity contribution in [3.8, 4) is 10.4 Å². The standard InChI is InChI=1S/C18H18BrNS/c1-3-20(4-2)17-15-12-14(19)10-11-16(15)21-18(17)13-8-6-5-7-9-13/h5-12H,3-4H2,1-2H3. The maximum atomic E-state index is 3.61. The fraction of sp³-hybridized carbons (Fsp3) is 0.222. The second kappa shape index (κ2) is 6.20. The van der Waals surface area contributed by atoms with Crippen LogP contribution in [0.5, 0.6) is 0 Å². The van der Waals surface area contributed by atoms with E-state index in [1.807, 2.05) is 11.3 Å². The molecule has 0 amide bonds. The molecule has 1 heterocycles. The number of fused-ring (bicyclic) bond motifs is 1. The van der Waals surface area contributed by atoms with E-state index in [9.17, 15) is 0 Å². The molecule has 3 aromatic rings. The van der Waals surface area contributed by atoms with Gasteiger partial charge in [-0.05, 0) is 37.6 Å². The van der Waals surface area contributed by atoms with Crippen molar-refractivity contribution < 1.29 is 0 Å². The van der Waals surface area contributed by atoms with Crippen LogP contribution in [0, 0.1) is 0 Å². The third kappa shape index (κ3) is 2.72. The number of rotatable bonds is 4. The number of benzene rings is 2. The Morgan fingerprint density at radius 2 is 1.71 bits per heavy atom. The zero-order valence-electron chi connectivity index (χ0n) is 12.3. The summed E-state index contributed by atoms with van der Waals surface area (Å²) < 4.78 is 2.49. The average Bonchev–Trinajstić information content (AvgIpc) is 2.88. The molecule has 1 aromatic heterocycles. The predicted molar refractivity (Wildman–Crippen MR) is 98.5 cm³/mol. The molecule has 0 aliphatic heterocycles. The van der Waals surface area contributed by atoms with Crippen molar-refractivity contribution in [3.63, 3.8) is 0 Å². The molecule has 1 nitrogen and oxygen atoms in total. The minimum Gasteiger partial charge on any atom is -0.370 e. The summed E-state index contributed by atoms with van der Waals surface area (Å²) in [5.41, 5.74) is 2.67. The summed E-state index contributed by atoms with van der Waals surface area (Å²) in [4.78, 5) is 3.82. The largest absolute Gasteiger partial charge is 0.370 e. The van der Waals surface area contributed by atoms with Gasteiger partial charge in [-0.15, -0.1) is 11.3 Å². The van der Waals surface area contributed by atoms with Gasteiger partial charge in [-0.1, -0.05) is 46.3 Å². The first kappa shape index (κ1) is 14.6. The predicted octanol–water partition coefficient (Wildman–Crippen LogP) is 6.18. The lowest BCUT2D eigenvalue weighted by Crippen LogP contribution is -2.21. The zero-order chi connectivity index (χ0) is 14.8. The topological polar surface area (TPSA) is 3.24 Å². The Balaban J connectivity index is 2.30. The van der Waals surface area contributed by atoms with Crippen LogP contribution in [0.15, 0.2) is 53.0 Å². The fourth-order valence-corrected chi connectivity index (χ4v) is 4.27. The smallest absolute Gasteiger partial charge is 0.0635 e. The molecule has 0 aliphatic carbocycles. The highest BCUT2D eigenvalue weighted by Crippen LogP contribution is 2.45. The quantitative estimate of drug-likeness (QED) is 0.537. The fourth-order valence-electron chi connectivity index (χ4n) is 2.70. The van der Waals surface area contributed by atoms with E-state index in [-0.39, 0.29) is 0 Å². The number of halogens is 1. The molecule has 0 unspecified atom stereocenters. The summed E-state index contributed by atoms with van der Waals surface area (Å²) in [7, 11) is 0. The van der Waals surface area contributed by atoms with Crippen LogP contribution in [-0.4, -0.2) is 13.1 Å². The van der Waals surface area contributed by atoms with Crippen LogP contribution in [0.2, 0.25) is 0 Å². The van der Waals surface area contributed by atoms with E-state index in [1.54, 1.807) is 0 Å². The maximum Gasteiger partial charge on any atom is 0.0635 e. The van der Waals surface area contributed by atoms with Crippen molar-refractivity contribution in [1.82, 2.24) is 0 Å². The first-order chi connectivity index (χ1) is 10.2. The molecule has 3 heteroatoms. The van der Waals surface area contributed by atoms with E-state index >= 15 is 0 Å². The van der Waals surface area contributed by atoms with Crippen molar-refractivity contribution in [2.45, 2.75) is 13.8 Å². The molecular weight excluding hydrogens is 342 g/mol. The Morgan fingerprint density at radius 3 is 2.38 bits per heavy atom. The Bertz CT molecular complexity index is 745. The van der Waals surface area contributed by atoms with Crippen LogP contribution in [0.3, 0.4) is 0 Å². The number of hydrogen-bond donors (Lipinski definition) is 0. The molecule has 2 aromatic carbocycles. The van der Waals surface area contributed by atoms with Gasteiger partial charge in [-0.2, -0.15) is 0 Å². The Morgan fingerprint density at radius 1 is 1.00 bits per heavy atom. The van der Waals surface area contributed by atoms with Gasteiger partial charge in [0, 0.05) is 27.6 Å². The van der Waals surface area contributed by atoms with Crippen molar-refractivity contribution in [3.05, 3.63) is 53.0 Å². The summed E-state index contributed by atoms with van der Waals surface area (Å²) in [5, 5.41) is 1.34. The minimum absolute atomic E-state index is 1.02. The molecule has 0 N–H and O–H groups in total. The van der Waals surface area contributed by atoms with Crippen molar-refractivity contribution >= 4 is 43.0 Å². The van der Waals surface area contributed by atoms with Crippen LogP contribution >= 0.6 is 27.3 Å². The lowest BCUT2D eigenvalue weighted by Gasteiger charge is -2.22. The zero-order valence-corrected chi connectivity index (χ0v) is 14.7. The van der Waals surface area contributed by atoms with E-state index < -0.39 is 0 Å². The molecule has 21 heavy (non-hydrogen) atoms. The summed E-state index contributed by atoms with van der Waals surface area (Å²) in [5.74, 6) is 0. The molecule has 108 valence electrons. The van der Waals surface area contributed by atoms with E-state index in [0.29, 0.717) is 0 Å². The molecule has 0 saturated heterocycles. The molecule has 0 atom stereocenters. The molecule has 0 radical (unpaired) electrons. The van der Waals surface area contributed by atoms with Crippen LogP contribution in [0.1, 0.15) is 13.8 Å². The number of nitrogens with zero attached hydrogens (tertiary/aromatic N) is 1. The number of anilines is 1. The normalized spacial score (nSPS) is 11.0. The first-order valence-corrected chi connectivity index (χ1v) is 8.88. The molecule has 0 spiro atoms. The SMILES string of the molecule is CCN(CC)c1c(-c2ccccc2)sc2ccc(Br)cc12. The third-order valence-electron chi connectivity index (χ3n) is 3.74. The number of hydrogen-bond acceptors (Lipinski definition) is 2. The monoisotopic (exact) mass is 359 g/mol. The Labute approximate surface area is 138 Å². The van der Waals surface area contributed by atoms with Gasteiger partial charge < -0.3 is 4.90 Å². The first-order valence-electron chi connectivity index (χ1n) is 7.27. The molecule has 0 saturated carbocycles. The number of thiophene rings is 1. The van der Waals surface area contributed by atoms with Crippen LogP contribution in [0.25, 0.3) is 20.5 Å².